The topological polar surface area (TPSA) is 103 Å². The van der Waals surface area contributed by atoms with Crippen LogP contribution in [0.15, 0.2) is 83.1 Å². The molecule has 0 fully saturated rings. The maximum Gasteiger partial charge on any atom is 0.342 e. The average molecular weight is 509 g/mol. The molecule has 178 valence electrons. The third-order valence-corrected chi connectivity index (χ3v) is 6.01. The molecule has 0 saturated heterocycles. The third-order valence-electron chi connectivity index (χ3n) is 4.82. The van der Waals surface area contributed by atoms with Crippen molar-refractivity contribution in [2.45, 2.75) is 12.1 Å². The van der Waals surface area contributed by atoms with E-state index in [1.807, 2.05) is 60.0 Å². The molecule has 0 saturated carbocycles. The second-order valence-electron chi connectivity index (χ2n) is 7.30. The Labute approximate surface area is 211 Å². The van der Waals surface area contributed by atoms with Gasteiger partial charge in [0.1, 0.15) is 17.2 Å². The number of ether oxygens (including phenoxy) is 1. The summed E-state index contributed by atoms with van der Waals surface area (Å²) in [4.78, 5) is 12.4. The smallest absolute Gasteiger partial charge is 0.342 e. The van der Waals surface area contributed by atoms with Crippen LogP contribution in [-0.4, -0.2) is 39.8 Å². The molecule has 10 heteroatoms. The highest BCUT2D eigenvalue weighted by Crippen LogP contribution is 2.23. The Balaban J connectivity index is 1.52. The molecule has 1 aromatic heterocycles. The first-order valence-electron chi connectivity index (χ1n) is 10.8. The zero-order chi connectivity index (χ0) is 24.6. The van der Waals surface area contributed by atoms with Gasteiger partial charge in [-0.25, -0.2) is 5.43 Å². The lowest BCUT2D eigenvalue weighted by Gasteiger charge is -2.06. The number of carbonyl (C=O) groups is 1. The van der Waals surface area contributed by atoms with Crippen LogP contribution in [0.3, 0.4) is 0 Å². The molecule has 4 rings (SSSR count). The van der Waals surface area contributed by atoms with Crippen LogP contribution >= 0.6 is 23.4 Å². The van der Waals surface area contributed by atoms with E-state index in [0.29, 0.717) is 16.8 Å². The van der Waals surface area contributed by atoms with Gasteiger partial charge in [-0.15, -0.1) is 5.10 Å². The van der Waals surface area contributed by atoms with Gasteiger partial charge in [-0.05, 0) is 97.0 Å². The van der Waals surface area contributed by atoms with Crippen molar-refractivity contribution in [2.24, 2.45) is 5.10 Å². The third kappa shape index (κ3) is 6.40. The number of carbonyl (C=O) groups excluding carboxylic acids is 1. The maximum atomic E-state index is 12.4. The van der Waals surface area contributed by atoms with Crippen LogP contribution in [0.5, 0.6) is 11.5 Å². The highest BCUT2D eigenvalue weighted by molar-refractivity contribution is 7.99. The number of hydrogen-bond donors (Lipinski definition) is 3. The highest BCUT2D eigenvalue weighted by atomic mass is 35.5. The largest absolute Gasteiger partial charge is 0.508 e. The van der Waals surface area contributed by atoms with Crippen molar-refractivity contribution in [2.75, 3.05) is 12.4 Å². The second kappa shape index (κ2) is 11.5. The first kappa shape index (κ1) is 24.3. The molecule has 0 bridgehead atoms. The number of hydrogen-bond acceptors (Lipinski definition) is 6. The zero-order valence-electron chi connectivity index (χ0n) is 18.8. The highest BCUT2D eigenvalue weighted by Gasteiger charge is 2.24. The van der Waals surface area contributed by atoms with Crippen molar-refractivity contribution in [3.05, 3.63) is 83.4 Å². The van der Waals surface area contributed by atoms with E-state index >= 15 is 0 Å². The van der Waals surface area contributed by atoms with Crippen LogP contribution in [0, 0.1) is 0 Å². The lowest BCUT2D eigenvalue weighted by molar-refractivity contribution is -0.625. The number of halogens is 1. The fourth-order valence-corrected chi connectivity index (χ4v) is 4.08. The summed E-state index contributed by atoms with van der Waals surface area (Å²) in [5, 5.41) is 22.1. The van der Waals surface area contributed by atoms with E-state index in [1.165, 1.54) is 18.0 Å². The molecule has 1 amide bonds. The van der Waals surface area contributed by atoms with Crippen molar-refractivity contribution in [1.29, 1.82) is 0 Å². The molecule has 8 nitrogen and oxygen atoms in total. The van der Waals surface area contributed by atoms with Gasteiger partial charge in [0.2, 0.25) is 0 Å². The summed E-state index contributed by atoms with van der Waals surface area (Å²) in [6.07, 6.45) is 1.51. The molecule has 4 aromatic rings. The van der Waals surface area contributed by atoms with Crippen LogP contribution in [0.25, 0.3) is 17.1 Å². The van der Waals surface area contributed by atoms with Gasteiger partial charge in [-0.2, -0.15) is 9.67 Å². The molecular weight excluding hydrogens is 486 g/mol. The van der Waals surface area contributed by atoms with Crippen molar-refractivity contribution in [1.82, 2.24) is 15.6 Å². The number of nitrogens with zero attached hydrogens (tertiary/aromatic N) is 3. The summed E-state index contributed by atoms with van der Waals surface area (Å²) in [7, 11) is 0. The lowest BCUT2D eigenvalue weighted by atomic mass is 10.2. The van der Waals surface area contributed by atoms with Gasteiger partial charge < -0.3 is 9.84 Å². The summed E-state index contributed by atoms with van der Waals surface area (Å²) >= 11 is 7.34. The molecule has 3 N–H and O–H groups in total. The Bertz CT molecular complexity index is 1310. The number of rotatable bonds is 9. The monoisotopic (exact) mass is 508 g/mol. The number of amides is 1. The molecule has 0 aliphatic carbocycles. The van der Waals surface area contributed by atoms with Gasteiger partial charge in [0.15, 0.2) is 0 Å². The van der Waals surface area contributed by atoms with Gasteiger partial charge in [0.05, 0.1) is 29.2 Å². The molecule has 3 aromatic carbocycles. The summed E-state index contributed by atoms with van der Waals surface area (Å²) < 4.78 is 7.50. The van der Waals surface area contributed by atoms with Crippen molar-refractivity contribution >= 4 is 35.5 Å². The van der Waals surface area contributed by atoms with Crippen molar-refractivity contribution < 1.29 is 19.2 Å². The number of aromatic amines is 1. The Morgan fingerprint density at radius 3 is 2.54 bits per heavy atom. The molecule has 0 unspecified atom stereocenters. The van der Waals surface area contributed by atoms with Crippen LogP contribution in [0.4, 0.5) is 0 Å². The quantitative estimate of drug-likeness (QED) is 0.135. The second-order valence-corrected chi connectivity index (χ2v) is 8.68. The Hall–Kier alpha value is -3.82. The normalized spacial score (nSPS) is 11.0. The van der Waals surface area contributed by atoms with E-state index in [4.69, 9.17) is 16.3 Å². The first-order chi connectivity index (χ1) is 17.0. The van der Waals surface area contributed by atoms with E-state index in [2.05, 4.69) is 20.7 Å². The van der Waals surface area contributed by atoms with Crippen molar-refractivity contribution in [3.8, 4) is 28.6 Å². The molecule has 0 aliphatic heterocycles. The summed E-state index contributed by atoms with van der Waals surface area (Å²) in [6, 6.07) is 21.6. The van der Waals surface area contributed by atoms with Crippen LogP contribution in [0.2, 0.25) is 5.02 Å². The number of phenolic OH excluding ortho intramolecular Hbond substituents is 1. The standard InChI is InChI=1S/C25H22ClN5O3S/c1-2-34-22-13-9-20(10-14-22)31-24(18-5-7-19(26)8-6-18)29-30-25(31)35-16-23(33)28-27-15-17-3-11-21(32)12-4-17/h3-15H,2,16H2,1H3,(H2,27,28,32,33)/p+1. The SMILES string of the molecule is CCOc1ccc(-[n+]2c(SCC(=O)N/N=C/c3ccc(O)cc3)n[nH]c2-c2ccc(Cl)cc2)cc1. The number of aromatic hydroxyl groups is 1. The summed E-state index contributed by atoms with van der Waals surface area (Å²) in [5.74, 6) is 1.52. The summed E-state index contributed by atoms with van der Waals surface area (Å²) in [5.41, 5.74) is 5.02. The number of benzene rings is 3. The first-order valence-corrected chi connectivity index (χ1v) is 12.1. The molecular formula is C25H23ClN5O3S+. The molecule has 0 radical (unpaired) electrons. The molecule has 1 heterocycles. The Kier molecular flexibility index (Phi) is 8.02. The molecule has 0 spiro atoms. The number of H-pyrrole nitrogens is 1. The summed E-state index contributed by atoms with van der Waals surface area (Å²) in [6.45, 7) is 2.52. The fraction of sp³-hybridized carbons (Fsp3) is 0.120. The minimum absolute atomic E-state index is 0.106. The molecule has 35 heavy (non-hydrogen) atoms. The number of nitrogens with one attached hydrogen (secondary N) is 2. The van der Waals surface area contributed by atoms with Gasteiger partial charge in [0, 0.05) is 5.02 Å². The van der Waals surface area contributed by atoms with E-state index in [-0.39, 0.29) is 17.4 Å². The molecule has 0 atom stereocenters. The number of aromatic nitrogens is 3. The predicted octanol–water partition coefficient (Wildman–Crippen LogP) is 4.35. The van der Waals surface area contributed by atoms with Crippen molar-refractivity contribution in [3.63, 3.8) is 0 Å². The van der Waals surface area contributed by atoms with Gasteiger partial charge in [0.25, 0.3) is 11.7 Å². The van der Waals surface area contributed by atoms with Crippen LogP contribution in [0.1, 0.15) is 12.5 Å². The number of hydrazone groups is 1. The Morgan fingerprint density at radius 1 is 1.14 bits per heavy atom. The fourth-order valence-electron chi connectivity index (χ4n) is 3.19. The Morgan fingerprint density at radius 2 is 1.86 bits per heavy atom. The van der Waals surface area contributed by atoms with E-state index in [0.717, 1.165) is 28.4 Å². The number of thioether (sulfide) groups is 1. The predicted molar refractivity (Wildman–Crippen MR) is 136 cm³/mol. The van der Waals surface area contributed by atoms with E-state index in [9.17, 15) is 9.90 Å². The molecule has 0 aliphatic rings. The zero-order valence-corrected chi connectivity index (χ0v) is 20.4. The van der Waals surface area contributed by atoms with Crippen LogP contribution in [-0.2, 0) is 4.79 Å². The van der Waals surface area contributed by atoms with Gasteiger partial charge in [-0.1, -0.05) is 11.6 Å². The van der Waals surface area contributed by atoms with Crippen LogP contribution < -0.4 is 14.7 Å². The van der Waals surface area contributed by atoms with Gasteiger partial charge >= 0.3 is 5.16 Å². The maximum absolute atomic E-state index is 12.4. The lowest BCUT2D eigenvalue weighted by Crippen LogP contribution is -2.34. The minimum Gasteiger partial charge on any atom is -0.508 e. The number of phenols is 1. The minimum atomic E-state index is -0.278. The van der Waals surface area contributed by atoms with E-state index in [1.54, 1.807) is 24.3 Å². The van der Waals surface area contributed by atoms with E-state index < -0.39 is 0 Å². The van der Waals surface area contributed by atoms with Gasteiger partial charge in [-0.3, -0.25) is 4.79 Å². The average Bonchev–Trinajstić information content (AvgIpc) is 3.29.